The van der Waals surface area contributed by atoms with E-state index in [0.717, 1.165) is 10.4 Å². The van der Waals surface area contributed by atoms with Gasteiger partial charge in [-0.1, -0.05) is 0 Å². The molecule has 1 aliphatic rings. The van der Waals surface area contributed by atoms with Crippen molar-refractivity contribution in [3.63, 3.8) is 0 Å². The predicted octanol–water partition coefficient (Wildman–Crippen LogP) is 7.44. The average molecular weight is 796 g/mol. The van der Waals surface area contributed by atoms with Crippen LogP contribution in [-0.2, 0) is 17.9 Å². The van der Waals surface area contributed by atoms with Crippen LogP contribution in [0.4, 0.5) is 10.5 Å². The molecule has 13 heteroatoms. The maximum absolute atomic E-state index is 13.9. The van der Waals surface area contributed by atoms with Gasteiger partial charge in [0, 0.05) is 12.1 Å². The number of hydrogen-bond acceptors (Lipinski definition) is 9. The number of carbonyl (C=O) groups excluding carboxylic acids is 2. The summed E-state index contributed by atoms with van der Waals surface area (Å²) in [4.78, 5) is 50.8. The number of hydrogen-bond donors (Lipinski definition) is 0. The van der Waals surface area contributed by atoms with Crippen LogP contribution < -0.4 is 2.89 Å². The molecule has 4 aromatic rings. The molecule has 0 spiro atoms. The first kappa shape index (κ1) is 36.9. The number of pyridine rings is 1. The van der Waals surface area contributed by atoms with Crippen molar-refractivity contribution in [2.24, 2.45) is 0 Å². The van der Waals surface area contributed by atoms with Crippen molar-refractivity contribution in [3.05, 3.63) is 87.7 Å². The standard InChI is InChI=1S/C24H21N6O5S.3C4H9.Sn/c31-22(21-23-29(16-26-21)9-10-36-23)19-11-18(12-25-13-19)14-27-5-7-28(8-6-27)24(32)35-15-17-1-3-20(4-2-17)30(33)34;3*1-3-4-2;/h1-4,9,11-13,16H,5-8,14-15H2;3*1,3-4H2,2H3;. The zero-order valence-electron chi connectivity index (χ0n) is 28.9. The summed E-state index contributed by atoms with van der Waals surface area (Å²) >= 11 is -0.818. The van der Waals surface area contributed by atoms with Gasteiger partial charge in [-0.3, -0.25) is 10.1 Å². The van der Waals surface area contributed by atoms with Gasteiger partial charge in [0.2, 0.25) is 0 Å². The van der Waals surface area contributed by atoms with Gasteiger partial charge >= 0.3 is 227 Å². The molecular weight excluding hydrogens is 747 g/mol. The first-order valence-corrected chi connectivity index (χ1v) is 25.9. The van der Waals surface area contributed by atoms with E-state index in [2.05, 4.69) is 46.2 Å². The monoisotopic (exact) mass is 796 g/mol. The number of aromatic nitrogens is 3. The predicted molar refractivity (Wildman–Crippen MR) is 195 cm³/mol. The van der Waals surface area contributed by atoms with E-state index in [-0.39, 0.29) is 18.1 Å². The van der Waals surface area contributed by atoms with Crippen LogP contribution in [0.1, 0.15) is 86.5 Å². The van der Waals surface area contributed by atoms with Crippen LogP contribution in [0.25, 0.3) is 4.83 Å². The van der Waals surface area contributed by atoms with Crippen LogP contribution in [0, 0.1) is 10.1 Å². The van der Waals surface area contributed by atoms with Gasteiger partial charge in [0.1, 0.15) is 6.61 Å². The van der Waals surface area contributed by atoms with E-state index in [9.17, 15) is 19.7 Å². The minimum absolute atomic E-state index is 0.00179. The molecule has 1 aliphatic heterocycles. The molecule has 1 aromatic carbocycles. The summed E-state index contributed by atoms with van der Waals surface area (Å²) in [5.41, 5.74) is 2.68. The topological polar surface area (TPSA) is 123 Å². The van der Waals surface area contributed by atoms with Crippen molar-refractivity contribution in [1.29, 1.82) is 0 Å². The summed E-state index contributed by atoms with van der Waals surface area (Å²) < 4.78 is 13.3. The third-order valence-electron chi connectivity index (χ3n) is 9.58. The molecule has 1 fully saturated rings. The average Bonchev–Trinajstić information content (AvgIpc) is 3.73. The Morgan fingerprint density at radius 3 is 2.20 bits per heavy atom. The van der Waals surface area contributed by atoms with E-state index in [1.54, 1.807) is 32.3 Å². The molecule has 49 heavy (non-hydrogen) atoms. The van der Waals surface area contributed by atoms with Gasteiger partial charge in [-0.2, -0.15) is 0 Å². The number of non-ortho nitro benzene ring substituents is 1. The van der Waals surface area contributed by atoms with E-state index in [1.165, 1.54) is 64.0 Å². The maximum atomic E-state index is 13.9. The number of imidazole rings is 1. The fourth-order valence-electron chi connectivity index (χ4n) is 6.62. The number of nitro benzene ring substituents is 1. The van der Waals surface area contributed by atoms with Gasteiger partial charge in [-0.25, -0.2) is 4.79 Å². The van der Waals surface area contributed by atoms with Crippen LogP contribution in [0.3, 0.4) is 0 Å². The van der Waals surface area contributed by atoms with Gasteiger partial charge in [0.15, 0.2) is 0 Å². The third kappa shape index (κ3) is 9.26. The molecule has 0 bridgehead atoms. The number of amides is 1. The Labute approximate surface area is 296 Å². The molecule has 0 atom stereocenters. The minimum atomic E-state index is -2.65. The Morgan fingerprint density at radius 2 is 1.59 bits per heavy atom. The number of carbonyl (C=O) groups is 2. The number of nitrogens with zero attached hydrogens (tertiary/aromatic N) is 6. The molecule has 262 valence electrons. The molecule has 0 unspecified atom stereocenters. The quantitative estimate of drug-likeness (QED) is 0.0468. The van der Waals surface area contributed by atoms with Crippen LogP contribution in [0.5, 0.6) is 0 Å². The van der Waals surface area contributed by atoms with Crippen LogP contribution in [0.15, 0.2) is 55.2 Å². The Hall–Kier alpha value is -3.36. The number of piperazine rings is 1. The van der Waals surface area contributed by atoms with E-state index in [4.69, 9.17) is 4.74 Å². The van der Waals surface area contributed by atoms with Gasteiger partial charge < -0.3 is 9.64 Å². The number of thiazole rings is 1. The first-order valence-electron chi connectivity index (χ1n) is 17.6. The number of rotatable bonds is 17. The van der Waals surface area contributed by atoms with Crippen molar-refractivity contribution in [2.75, 3.05) is 26.2 Å². The molecule has 3 aromatic heterocycles. The van der Waals surface area contributed by atoms with Crippen molar-refractivity contribution in [3.8, 4) is 0 Å². The van der Waals surface area contributed by atoms with Crippen LogP contribution in [-0.4, -0.2) is 85.5 Å². The van der Waals surface area contributed by atoms with Crippen LogP contribution in [0.2, 0.25) is 13.3 Å². The Bertz CT molecular complexity index is 1690. The number of fused-ring (bicyclic) bond motifs is 1. The number of ether oxygens (including phenoxy) is 1. The Balaban J connectivity index is 1.21. The van der Waals surface area contributed by atoms with E-state index >= 15 is 0 Å². The zero-order chi connectivity index (χ0) is 34.8. The van der Waals surface area contributed by atoms with Crippen molar-refractivity contribution >= 4 is 55.0 Å². The molecule has 1 saturated heterocycles. The number of ketones is 1. The fraction of sp³-hybridized carbons (Fsp3) is 0.500. The molecule has 1 amide bonds. The number of benzene rings is 1. The van der Waals surface area contributed by atoms with Crippen molar-refractivity contribution in [1.82, 2.24) is 24.2 Å². The van der Waals surface area contributed by atoms with E-state index in [0.29, 0.717) is 49.5 Å². The zero-order valence-corrected chi connectivity index (χ0v) is 32.6. The second-order valence-corrected chi connectivity index (χ2v) is 28.3. The number of nitro groups is 1. The Kier molecular flexibility index (Phi) is 13.2. The van der Waals surface area contributed by atoms with Crippen LogP contribution >= 0.6 is 11.3 Å². The summed E-state index contributed by atoms with van der Waals surface area (Å²) in [6.45, 7) is 9.90. The normalized spacial score (nSPS) is 14.0. The fourth-order valence-corrected chi connectivity index (χ4v) is 26.6. The van der Waals surface area contributed by atoms with E-state index in [1.807, 2.05) is 23.7 Å². The van der Waals surface area contributed by atoms with Gasteiger partial charge in [0.05, 0.1) is 4.92 Å². The summed E-state index contributed by atoms with van der Waals surface area (Å²) in [6.07, 6.45) is 14.7. The molecule has 11 nitrogen and oxygen atoms in total. The summed E-state index contributed by atoms with van der Waals surface area (Å²) in [5, 5.41) is 10.9. The van der Waals surface area contributed by atoms with Gasteiger partial charge in [0.25, 0.3) is 5.69 Å². The first-order chi connectivity index (χ1) is 23.8. The summed E-state index contributed by atoms with van der Waals surface area (Å²) in [7, 11) is 0. The summed E-state index contributed by atoms with van der Waals surface area (Å²) in [5.74, 6) is -0.0951. The van der Waals surface area contributed by atoms with Crippen molar-refractivity contribution < 1.29 is 19.2 Å². The second-order valence-electron chi connectivity index (χ2n) is 13.1. The third-order valence-corrected chi connectivity index (χ3v) is 28.9. The SMILES string of the molecule is CCC[CH2][Sn]([CH2]CCC)([CH2]CCC)[c]1cn2cnc(C(=O)c3cncc(CN4CCN(C(=O)OCc5ccc([N+](=O)[O-])cc5)CC4)c3)c2s1. The van der Waals surface area contributed by atoms with Gasteiger partial charge in [-0.05, 0) is 17.7 Å². The molecule has 0 saturated carbocycles. The molecule has 0 radical (unpaired) electrons. The molecule has 5 rings (SSSR count). The molecular formula is C36H48N6O5SSn. The summed E-state index contributed by atoms with van der Waals surface area (Å²) in [6, 6.07) is 7.91. The Morgan fingerprint density at radius 1 is 0.939 bits per heavy atom. The number of unbranched alkanes of at least 4 members (excludes halogenated alkanes) is 3. The van der Waals surface area contributed by atoms with E-state index < -0.39 is 29.4 Å². The van der Waals surface area contributed by atoms with Crippen molar-refractivity contribution in [2.45, 2.75) is 85.8 Å². The molecule has 0 N–H and O–H groups in total. The molecule has 4 heterocycles. The molecule has 0 aliphatic carbocycles. The second kappa shape index (κ2) is 17.5. The van der Waals surface area contributed by atoms with Gasteiger partial charge in [-0.15, -0.1) is 0 Å².